The first-order chi connectivity index (χ1) is 12.2. The summed E-state index contributed by atoms with van der Waals surface area (Å²) in [6.45, 7) is 3.82. The van der Waals surface area contributed by atoms with E-state index in [4.69, 9.17) is 0 Å². The van der Waals surface area contributed by atoms with Crippen molar-refractivity contribution in [3.05, 3.63) is 22.4 Å². The molecule has 2 heterocycles. The maximum absolute atomic E-state index is 12.9. The Morgan fingerprint density at radius 1 is 1.23 bits per heavy atom. The molecule has 9 heteroatoms. The Morgan fingerprint density at radius 2 is 1.96 bits per heavy atom. The predicted octanol–water partition coefficient (Wildman–Crippen LogP) is 2.60. The molecule has 1 aromatic rings. The van der Waals surface area contributed by atoms with Crippen molar-refractivity contribution in [2.24, 2.45) is 5.92 Å². The van der Waals surface area contributed by atoms with Gasteiger partial charge in [-0.2, -0.15) is 13.2 Å². The van der Waals surface area contributed by atoms with Gasteiger partial charge in [-0.1, -0.05) is 19.9 Å². The quantitative estimate of drug-likeness (QED) is 0.840. The lowest BCUT2D eigenvalue weighted by Crippen LogP contribution is -2.52. The molecule has 1 atom stereocenters. The van der Waals surface area contributed by atoms with Crippen LogP contribution in [0.25, 0.3) is 0 Å². The summed E-state index contributed by atoms with van der Waals surface area (Å²) in [6, 6.07) is 2.75. The summed E-state index contributed by atoms with van der Waals surface area (Å²) in [5.74, 6) is -0.666. The number of hydrogen-bond acceptors (Lipinski definition) is 4. The second-order valence-electron chi connectivity index (χ2n) is 6.74. The number of nitrogens with one attached hydrogen (secondary N) is 1. The fourth-order valence-electron chi connectivity index (χ4n) is 2.93. The summed E-state index contributed by atoms with van der Waals surface area (Å²) in [5.41, 5.74) is 0. The zero-order valence-corrected chi connectivity index (χ0v) is 15.7. The summed E-state index contributed by atoms with van der Waals surface area (Å²) in [7, 11) is 0. The van der Waals surface area contributed by atoms with Gasteiger partial charge in [-0.15, -0.1) is 11.3 Å². The van der Waals surface area contributed by atoms with Crippen molar-refractivity contribution in [2.75, 3.05) is 32.7 Å². The molecule has 1 N–H and O–H groups in total. The molecule has 1 aliphatic rings. The van der Waals surface area contributed by atoms with Crippen molar-refractivity contribution in [1.82, 2.24) is 15.1 Å². The lowest BCUT2D eigenvalue weighted by Gasteiger charge is -2.29. The Morgan fingerprint density at radius 3 is 2.54 bits per heavy atom. The van der Waals surface area contributed by atoms with Gasteiger partial charge < -0.3 is 10.2 Å². The van der Waals surface area contributed by atoms with Crippen LogP contribution in [0.5, 0.6) is 0 Å². The minimum atomic E-state index is -4.24. The van der Waals surface area contributed by atoms with Crippen LogP contribution in [0.2, 0.25) is 0 Å². The molecule has 0 bridgehead atoms. The van der Waals surface area contributed by atoms with E-state index in [2.05, 4.69) is 5.32 Å². The maximum Gasteiger partial charge on any atom is 0.401 e. The molecule has 1 saturated heterocycles. The van der Waals surface area contributed by atoms with E-state index in [0.29, 0.717) is 24.4 Å². The fourth-order valence-corrected chi connectivity index (χ4v) is 3.56. The summed E-state index contributed by atoms with van der Waals surface area (Å²) >= 11 is 1.29. The van der Waals surface area contributed by atoms with E-state index >= 15 is 0 Å². The highest BCUT2D eigenvalue weighted by Gasteiger charge is 2.34. The molecule has 0 aromatic carbocycles. The molecule has 146 valence electrons. The van der Waals surface area contributed by atoms with Gasteiger partial charge in [0.2, 0.25) is 5.91 Å². The van der Waals surface area contributed by atoms with E-state index in [1.807, 2.05) is 13.8 Å². The Hall–Kier alpha value is -1.61. The first-order valence-electron chi connectivity index (χ1n) is 8.59. The molecule has 2 amide bonds. The largest absolute Gasteiger partial charge is 0.401 e. The first-order valence-corrected chi connectivity index (χ1v) is 9.47. The molecule has 5 nitrogen and oxygen atoms in total. The lowest BCUT2D eigenvalue weighted by atomic mass is 10.0. The lowest BCUT2D eigenvalue weighted by molar-refractivity contribution is -0.145. The van der Waals surface area contributed by atoms with Gasteiger partial charge in [0, 0.05) is 26.2 Å². The van der Waals surface area contributed by atoms with Crippen LogP contribution in [0.3, 0.4) is 0 Å². The second-order valence-corrected chi connectivity index (χ2v) is 7.69. The molecular weight excluding hydrogens is 367 g/mol. The van der Waals surface area contributed by atoms with E-state index < -0.39 is 18.8 Å². The monoisotopic (exact) mass is 391 g/mol. The SMILES string of the molecule is CC(C)C(NC(=O)c1cccs1)C(=O)N1CCCN(CC(F)(F)F)CC1. The standard InChI is InChI=1S/C17H24F3N3O2S/c1-12(2)14(21-15(24)13-5-3-10-26-13)16(25)23-7-4-6-22(8-9-23)11-17(18,19)20/h3,5,10,12,14H,4,6-9,11H2,1-2H3,(H,21,24). The zero-order valence-electron chi connectivity index (χ0n) is 14.9. The third kappa shape index (κ3) is 5.98. The second kappa shape index (κ2) is 8.85. The first kappa shape index (κ1) is 20.7. The van der Waals surface area contributed by atoms with Crippen LogP contribution in [-0.4, -0.2) is 66.6 Å². The van der Waals surface area contributed by atoms with Gasteiger partial charge >= 0.3 is 6.18 Å². The summed E-state index contributed by atoms with van der Waals surface area (Å²) in [5, 5.41) is 4.56. The van der Waals surface area contributed by atoms with Crippen LogP contribution in [0.4, 0.5) is 13.2 Å². The van der Waals surface area contributed by atoms with Crippen molar-refractivity contribution >= 4 is 23.2 Å². The van der Waals surface area contributed by atoms with Gasteiger partial charge in [0.25, 0.3) is 5.91 Å². The van der Waals surface area contributed by atoms with E-state index in [0.717, 1.165) is 0 Å². The van der Waals surface area contributed by atoms with Gasteiger partial charge in [0.1, 0.15) is 6.04 Å². The molecule has 2 rings (SSSR count). The topological polar surface area (TPSA) is 52.7 Å². The summed E-state index contributed by atoms with van der Waals surface area (Å²) in [4.78, 5) is 28.6. The molecule has 1 unspecified atom stereocenters. The Bertz CT molecular complexity index is 605. The van der Waals surface area contributed by atoms with Gasteiger partial charge in [-0.05, 0) is 23.8 Å². The van der Waals surface area contributed by atoms with Gasteiger partial charge in [-0.25, -0.2) is 0 Å². The van der Waals surface area contributed by atoms with Crippen LogP contribution in [0, 0.1) is 5.92 Å². The van der Waals surface area contributed by atoms with Crippen molar-refractivity contribution in [2.45, 2.75) is 32.5 Å². The highest BCUT2D eigenvalue weighted by atomic mass is 32.1. The average molecular weight is 391 g/mol. The van der Waals surface area contributed by atoms with Crippen molar-refractivity contribution < 1.29 is 22.8 Å². The molecular formula is C17H24F3N3O2S. The molecule has 0 saturated carbocycles. The Balaban J connectivity index is 1.99. The number of nitrogens with zero attached hydrogens (tertiary/aromatic N) is 2. The highest BCUT2D eigenvalue weighted by Crippen LogP contribution is 2.18. The van der Waals surface area contributed by atoms with Crippen molar-refractivity contribution in [1.29, 1.82) is 0 Å². The number of amides is 2. The number of halogens is 3. The van der Waals surface area contributed by atoms with E-state index in [1.54, 1.807) is 22.4 Å². The normalized spacial score (nSPS) is 17.8. The van der Waals surface area contributed by atoms with Crippen LogP contribution < -0.4 is 5.32 Å². The highest BCUT2D eigenvalue weighted by molar-refractivity contribution is 7.12. The number of carbonyl (C=O) groups is 2. The fraction of sp³-hybridized carbons (Fsp3) is 0.647. The summed E-state index contributed by atoms with van der Waals surface area (Å²) < 4.78 is 37.7. The molecule has 1 aliphatic heterocycles. The number of rotatable bonds is 5. The van der Waals surface area contributed by atoms with Gasteiger partial charge in [-0.3, -0.25) is 14.5 Å². The third-order valence-electron chi connectivity index (χ3n) is 4.27. The van der Waals surface area contributed by atoms with Gasteiger partial charge in [0.15, 0.2) is 0 Å². The molecule has 1 fully saturated rings. The van der Waals surface area contributed by atoms with Crippen LogP contribution >= 0.6 is 11.3 Å². The van der Waals surface area contributed by atoms with E-state index in [1.165, 1.54) is 16.2 Å². The van der Waals surface area contributed by atoms with Crippen LogP contribution in [0.15, 0.2) is 17.5 Å². The molecule has 0 spiro atoms. The zero-order chi connectivity index (χ0) is 19.3. The molecule has 1 aromatic heterocycles. The minimum absolute atomic E-state index is 0.124. The van der Waals surface area contributed by atoms with Crippen LogP contribution in [0.1, 0.15) is 29.9 Å². The molecule has 0 aliphatic carbocycles. The minimum Gasteiger partial charge on any atom is -0.340 e. The Labute approximate surface area is 155 Å². The molecule has 0 radical (unpaired) electrons. The van der Waals surface area contributed by atoms with E-state index in [-0.39, 0.29) is 30.8 Å². The van der Waals surface area contributed by atoms with Crippen LogP contribution in [-0.2, 0) is 4.79 Å². The number of alkyl halides is 3. The number of thiophene rings is 1. The van der Waals surface area contributed by atoms with E-state index in [9.17, 15) is 22.8 Å². The Kier molecular flexibility index (Phi) is 7.05. The maximum atomic E-state index is 12.9. The molecule has 26 heavy (non-hydrogen) atoms. The number of hydrogen-bond donors (Lipinski definition) is 1. The predicted molar refractivity (Wildman–Crippen MR) is 94.1 cm³/mol. The average Bonchev–Trinajstić information content (AvgIpc) is 2.98. The smallest absolute Gasteiger partial charge is 0.340 e. The summed E-state index contributed by atoms with van der Waals surface area (Å²) in [6.07, 6.45) is -3.76. The third-order valence-corrected chi connectivity index (χ3v) is 5.14. The number of carbonyl (C=O) groups excluding carboxylic acids is 2. The van der Waals surface area contributed by atoms with Crippen molar-refractivity contribution in [3.63, 3.8) is 0 Å². The van der Waals surface area contributed by atoms with Crippen molar-refractivity contribution in [3.8, 4) is 0 Å². The van der Waals surface area contributed by atoms with Gasteiger partial charge in [0.05, 0.1) is 11.4 Å².